The van der Waals surface area contributed by atoms with Gasteiger partial charge >= 0.3 is 12.4 Å². The summed E-state index contributed by atoms with van der Waals surface area (Å²) in [5, 5.41) is -0.841. The van der Waals surface area contributed by atoms with E-state index in [2.05, 4.69) is 9.97 Å². The molecule has 0 spiro atoms. The summed E-state index contributed by atoms with van der Waals surface area (Å²) >= 11 is 0. The molecule has 2 N–H and O–H groups in total. The minimum atomic E-state index is -4.81. The van der Waals surface area contributed by atoms with Crippen LogP contribution in [-0.2, 0) is 27.0 Å². The first-order valence-electron chi connectivity index (χ1n) is 13.6. The molecule has 248 valence electrons. The number of aromatic nitrogens is 3. The number of nitrogens with one attached hydrogen (secondary N) is 2. The third-order valence-corrected chi connectivity index (χ3v) is 7.99. The molecule has 3 heterocycles. The highest BCUT2D eigenvalue weighted by molar-refractivity contribution is 7.89. The van der Waals surface area contributed by atoms with Gasteiger partial charge in [0.25, 0.3) is 5.56 Å². The maximum Gasteiger partial charge on any atom is 0.422 e. The van der Waals surface area contributed by atoms with E-state index in [1.54, 1.807) is 18.2 Å². The van der Waals surface area contributed by atoms with Crippen LogP contribution in [0.1, 0.15) is 16.8 Å². The first-order chi connectivity index (χ1) is 22.0. The molecule has 5 rings (SSSR count). The average Bonchev–Trinajstić information content (AvgIpc) is 3.30. The molecule has 3 aromatic heterocycles. The van der Waals surface area contributed by atoms with Crippen molar-refractivity contribution in [1.82, 2.24) is 19.3 Å². The number of nitrogens with zero attached hydrogens (tertiary/aromatic N) is 2. The third kappa shape index (κ3) is 7.85. The Bertz CT molecular complexity index is 2130. The SMILES string of the molecule is Cc1cc(CS(=O)(=O)NC(=O)Cc2ccccn2)ccc1-n1cc2c(OCC(F)(F)F)c3[nH]cccc3c(OCC(F)(F)F)c2c1=O. The van der Waals surface area contributed by atoms with E-state index in [-0.39, 0.29) is 34.0 Å². The molecule has 17 heteroatoms. The number of sulfonamides is 1. The second kappa shape index (κ2) is 12.6. The second-order valence-corrected chi connectivity index (χ2v) is 12.1. The number of amides is 1. The minimum Gasteiger partial charge on any atom is -0.483 e. The lowest BCUT2D eigenvalue weighted by atomic mass is 10.1. The molecule has 0 aliphatic heterocycles. The Morgan fingerprint density at radius 3 is 2.30 bits per heavy atom. The molecular formula is C30H24F6N4O6S. The van der Waals surface area contributed by atoms with E-state index >= 15 is 0 Å². The average molecular weight is 683 g/mol. The number of benzene rings is 2. The van der Waals surface area contributed by atoms with Gasteiger partial charge in [0.15, 0.2) is 19.0 Å². The fourth-order valence-electron chi connectivity index (χ4n) is 4.96. The summed E-state index contributed by atoms with van der Waals surface area (Å²) in [7, 11) is -4.16. The highest BCUT2D eigenvalue weighted by Crippen LogP contribution is 2.42. The lowest BCUT2D eigenvalue weighted by molar-refractivity contribution is -0.154. The number of carbonyl (C=O) groups excluding carboxylic acids is 1. The van der Waals surface area contributed by atoms with Crippen molar-refractivity contribution in [3.8, 4) is 17.2 Å². The monoisotopic (exact) mass is 682 g/mol. The van der Waals surface area contributed by atoms with E-state index in [1.165, 1.54) is 49.6 Å². The summed E-state index contributed by atoms with van der Waals surface area (Å²) in [6.07, 6.45) is -5.99. The van der Waals surface area contributed by atoms with Crippen molar-refractivity contribution in [3.63, 3.8) is 0 Å². The van der Waals surface area contributed by atoms with Crippen molar-refractivity contribution in [2.24, 2.45) is 0 Å². The van der Waals surface area contributed by atoms with Crippen molar-refractivity contribution in [3.05, 3.63) is 94.3 Å². The Labute approximate surface area is 262 Å². The van der Waals surface area contributed by atoms with E-state index < -0.39 is 69.7 Å². The van der Waals surface area contributed by atoms with Crippen LogP contribution in [0.2, 0.25) is 0 Å². The largest absolute Gasteiger partial charge is 0.483 e. The summed E-state index contributed by atoms with van der Waals surface area (Å²) in [6.45, 7) is -2.04. The van der Waals surface area contributed by atoms with Crippen molar-refractivity contribution in [2.45, 2.75) is 31.5 Å². The van der Waals surface area contributed by atoms with E-state index in [4.69, 9.17) is 9.47 Å². The summed E-state index contributed by atoms with van der Waals surface area (Å²) in [4.78, 5) is 32.7. The number of carbonyl (C=O) groups is 1. The second-order valence-electron chi connectivity index (χ2n) is 10.4. The van der Waals surface area contributed by atoms with Gasteiger partial charge in [-0.25, -0.2) is 8.42 Å². The van der Waals surface area contributed by atoms with E-state index in [0.29, 0.717) is 11.3 Å². The summed E-state index contributed by atoms with van der Waals surface area (Å²) < 4.78 is 118. The van der Waals surface area contributed by atoms with Crippen molar-refractivity contribution < 1.29 is 49.0 Å². The number of ether oxygens (including phenoxy) is 2. The number of aromatic amines is 1. The molecule has 0 unspecified atom stereocenters. The predicted octanol–water partition coefficient (Wildman–Crippen LogP) is 5.25. The van der Waals surface area contributed by atoms with Crippen molar-refractivity contribution in [1.29, 1.82) is 0 Å². The molecule has 0 fully saturated rings. The molecule has 0 atom stereocenters. The normalized spacial score (nSPS) is 12.4. The lowest BCUT2D eigenvalue weighted by Gasteiger charge is -2.16. The topological polar surface area (TPSA) is 132 Å². The molecule has 0 saturated heterocycles. The molecule has 10 nitrogen and oxygen atoms in total. The first kappa shape index (κ1) is 33.3. The first-order valence-corrected chi connectivity index (χ1v) is 15.3. The number of fused-ring (bicyclic) bond motifs is 2. The number of aryl methyl sites for hydroxylation is 1. The molecule has 0 aliphatic carbocycles. The maximum absolute atomic E-state index is 13.8. The van der Waals surface area contributed by atoms with Crippen LogP contribution in [-0.4, -0.2) is 54.4 Å². The van der Waals surface area contributed by atoms with Gasteiger partial charge in [-0.15, -0.1) is 0 Å². The van der Waals surface area contributed by atoms with Gasteiger partial charge in [0.05, 0.1) is 34.2 Å². The van der Waals surface area contributed by atoms with Gasteiger partial charge in [-0.05, 0) is 48.4 Å². The molecule has 0 saturated carbocycles. The van der Waals surface area contributed by atoms with E-state index in [0.717, 1.165) is 10.8 Å². The van der Waals surface area contributed by atoms with Crippen LogP contribution in [0.4, 0.5) is 26.3 Å². The van der Waals surface area contributed by atoms with Gasteiger partial charge in [0, 0.05) is 29.7 Å². The van der Waals surface area contributed by atoms with Gasteiger partial charge in [-0.3, -0.25) is 23.9 Å². The van der Waals surface area contributed by atoms with E-state index in [9.17, 15) is 44.3 Å². The lowest BCUT2D eigenvalue weighted by Crippen LogP contribution is -2.33. The van der Waals surface area contributed by atoms with Crippen LogP contribution in [0.25, 0.3) is 27.4 Å². The molecule has 5 aromatic rings. The smallest absolute Gasteiger partial charge is 0.422 e. The maximum atomic E-state index is 13.8. The molecule has 0 radical (unpaired) electrons. The zero-order valence-corrected chi connectivity index (χ0v) is 25.0. The van der Waals surface area contributed by atoms with Gasteiger partial charge < -0.3 is 14.5 Å². The number of hydrogen-bond acceptors (Lipinski definition) is 7. The number of halogens is 6. The van der Waals surface area contributed by atoms with Crippen LogP contribution >= 0.6 is 0 Å². The standard InChI is InChI=1S/C30H24F6N4O6S/c1-17-11-18(14-47(43,44)39-23(41)12-19-5-2-3-9-37-19)7-8-22(17)40-13-21-24(28(40)42)26(45-15-29(31,32)33)20-6-4-10-38-25(20)27(21)46-16-30(34,35)36/h2-11,13,38H,12,14-16H2,1H3,(H,39,41). The number of hydrogen-bond donors (Lipinski definition) is 2. The van der Waals surface area contributed by atoms with Crippen LogP contribution in [0.3, 0.4) is 0 Å². The fourth-order valence-corrected chi connectivity index (χ4v) is 6.07. The molecular weight excluding hydrogens is 658 g/mol. The van der Waals surface area contributed by atoms with Gasteiger partial charge in [0.1, 0.15) is 5.75 Å². The summed E-state index contributed by atoms with van der Waals surface area (Å²) in [5.41, 5.74) is -0.0226. The number of rotatable bonds is 10. The molecule has 0 bridgehead atoms. The van der Waals surface area contributed by atoms with E-state index in [1.807, 2.05) is 4.72 Å². The van der Waals surface area contributed by atoms with Crippen molar-refractivity contribution >= 4 is 37.6 Å². The Morgan fingerprint density at radius 2 is 1.66 bits per heavy atom. The Hall–Kier alpha value is -5.06. The minimum absolute atomic E-state index is 0.126. The van der Waals surface area contributed by atoms with Gasteiger partial charge in [-0.2, -0.15) is 26.3 Å². The number of pyridine rings is 2. The van der Waals surface area contributed by atoms with Gasteiger partial charge in [-0.1, -0.05) is 18.2 Å². The summed E-state index contributed by atoms with van der Waals surface area (Å²) in [6, 6.07) is 11.6. The van der Waals surface area contributed by atoms with Crippen LogP contribution in [0.5, 0.6) is 11.5 Å². The van der Waals surface area contributed by atoms with Crippen LogP contribution < -0.4 is 19.8 Å². The van der Waals surface area contributed by atoms with Crippen LogP contribution in [0, 0.1) is 6.92 Å². The zero-order chi connectivity index (χ0) is 34.1. The molecule has 47 heavy (non-hydrogen) atoms. The third-order valence-electron chi connectivity index (χ3n) is 6.73. The molecule has 1 amide bonds. The molecule has 2 aromatic carbocycles. The highest BCUT2D eigenvalue weighted by atomic mass is 32.2. The number of H-pyrrole nitrogens is 1. The number of alkyl halides is 6. The Kier molecular flexibility index (Phi) is 8.94. The predicted molar refractivity (Wildman–Crippen MR) is 158 cm³/mol. The highest BCUT2D eigenvalue weighted by Gasteiger charge is 2.33. The van der Waals surface area contributed by atoms with Crippen molar-refractivity contribution in [2.75, 3.05) is 13.2 Å². The van der Waals surface area contributed by atoms with Crippen LogP contribution in [0.15, 0.2) is 71.9 Å². The zero-order valence-electron chi connectivity index (χ0n) is 24.2. The molecule has 0 aliphatic rings. The Balaban J connectivity index is 1.54. The fraction of sp³-hybridized carbons (Fsp3) is 0.233. The Morgan fingerprint density at radius 1 is 0.957 bits per heavy atom. The summed E-state index contributed by atoms with van der Waals surface area (Å²) in [5.74, 6) is -2.38. The van der Waals surface area contributed by atoms with Gasteiger partial charge in [0.2, 0.25) is 15.9 Å². The quantitative estimate of drug-likeness (QED) is 0.193.